The monoisotopic (exact) mass is 464 g/mol. The molecule has 28 heavy (non-hydrogen) atoms. The number of carbonyl (C=O) groups is 1. The van der Waals surface area contributed by atoms with Crippen LogP contribution in [0.4, 0.5) is 11.4 Å². The molecule has 0 unspecified atom stereocenters. The zero-order chi connectivity index (χ0) is 20.3. The molecule has 3 rings (SSSR count). The fourth-order valence-electron chi connectivity index (χ4n) is 2.38. The highest BCUT2D eigenvalue weighted by Crippen LogP contribution is 2.30. The highest BCUT2D eigenvalue weighted by molar-refractivity contribution is 9.10. The van der Waals surface area contributed by atoms with E-state index in [1.807, 2.05) is 0 Å². The first-order valence-corrected chi connectivity index (χ1v) is 9.19. The number of benzene rings is 2. The fraction of sp³-hybridized carbons (Fsp3) is 0.111. The van der Waals surface area contributed by atoms with Gasteiger partial charge in [-0.25, -0.2) is 0 Å². The number of aromatic nitrogens is 2. The topological polar surface area (TPSA) is 99.3 Å². The van der Waals surface area contributed by atoms with E-state index in [2.05, 4.69) is 26.3 Å². The van der Waals surface area contributed by atoms with Gasteiger partial charge < -0.3 is 10.1 Å². The molecule has 0 bridgehead atoms. The third-order valence-corrected chi connectivity index (χ3v) is 4.66. The van der Waals surface area contributed by atoms with Gasteiger partial charge in [0, 0.05) is 23.4 Å². The van der Waals surface area contributed by atoms with E-state index in [0.29, 0.717) is 10.8 Å². The van der Waals surface area contributed by atoms with Crippen molar-refractivity contribution in [1.29, 1.82) is 0 Å². The molecule has 1 amide bonds. The lowest BCUT2D eigenvalue weighted by molar-refractivity contribution is -0.384. The van der Waals surface area contributed by atoms with E-state index in [-0.39, 0.29) is 29.6 Å². The number of ether oxygens (including phenoxy) is 1. The predicted molar refractivity (Wildman–Crippen MR) is 108 cm³/mol. The lowest BCUT2D eigenvalue weighted by Crippen LogP contribution is -2.19. The van der Waals surface area contributed by atoms with Crippen LogP contribution in [0.25, 0.3) is 0 Å². The Balaban J connectivity index is 1.79. The van der Waals surface area contributed by atoms with Gasteiger partial charge in [0.15, 0.2) is 0 Å². The van der Waals surface area contributed by atoms with Gasteiger partial charge in [0.1, 0.15) is 18.0 Å². The molecule has 0 atom stereocenters. The molecule has 3 aromatic rings. The number of hydrogen-bond acceptors (Lipinski definition) is 5. The van der Waals surface area contributed by atoms with Crippen LogP contribution in [0.2, 0.25) is 5.02 Å². The number of nitrogens with one attached hydrogen (secondary N) is 1. The van der Waals surface area contributed by atoms with E-state index in [0.717, 1.165) is 10.2 Å². The van der Waals surface area contributed by atoms with Crippen LogP contribution in [0, 0.1) is 17.0 Å². The molecule has 8 nitrogen and oxygen atoms in total. The van der Waals surface area contributed by atoms with Crippen LogP contribution in [0.1, 0.15) is 5.69 Å². The van der Waals surface area contributed by atoms with Crippen LogP contribution >= 0.6 is 27.5 Å². The smallest absolute Gasteiger partial charge is 0.275 e. The summed E-state index contributed by atoms with van der Waals surface area (Å²) in [5.74, 6) is 0.288. The van der Waals surface area contributed by atoms with Gasteiger partial charge >= 0.3 is 0 Å². The second kappa shape index (κ2) is 8.41. The number of amides is 1. The summed E-state index contributed by atoms with van der Waals surface area (Å²) in [6.07, 6.45) is 1.68. The average molecular weight is 466 g/mol. The van der Waals surface area contributed by atoms with Crippen molar-refractivity contribution in [2.45, 2.75) is 13.5 Å². The summed E-state index contributed by atoms with van der Waals surface area (Å²) in [4.78, 5) is 22.9. The van der Waals surface area contributed by atoms with Crippen molar-refractivity contribution in [2.75, 3.05) is 5.32 Å². The number of nitro groups is 1. The lowest BCUT2D eigenvalue weighted by Gasteiger charge is -2.10. The number of carbonyl (C=O) groups excluding carboxylic acids is 1. The molecule has 0 aliphatic carbocycles. The average Bonchev–Trinajstić information content (AvgIpc) is 2.93. The fourth-order valence-corrected chi connectivity index (χ4v) is 2.82. The minimum absolute atomic E-state index is 0.0392. The zero-order valence-electron chi connectivity index (χ0n) is 14.6. The maximum atomic E-state index is 12.3. The molecule has 1 aromatic heterocycles. The number of hydrogen-bond donors (Lipinski definition) is 1. The highest BCUT2D eigenvalue weighted by Gasteiger charge is 2.14. The molecular formula is C18H14BrClN4O4. The van der Waals surface area contributed by atoms with Crippen molar-refractivity contribution in [3.05, 3.63) is 74.0 Å². The van der Waals surface area contributed by atoms with Gasteiger partial charge in [-0.15, -0.1) is 0 Å². The summed E-state index contributed by atoms with van der Waals surface area (Å²) >= 11 is 9.17. The summed E-state index contributed by atoms with van der Waals surface area (Å²) in [6.45, 7) is 1.77. The normalized spacial score (nSPS) is 10.5. The molecule has 2 aromatic carbocycles. The van der Waals surface area contributed by atoms with Crippen molar-refractivity contribution >= 4 is 44.8 Å². The van der Waals surface area contributed by atoms with E-state index in [9.17, 15) is 14.9 Å². The van der Waals surface area contributed by atoms with Gasteiger partial charge in [0.2, 0.25) is 5.91 Å². The molecule has 0 radical (unpaired) electrons. The van der Waals surface area contributed by atoms with Gasteiger partial charge in [-0.05, 0) is 47.1 Å². The Hall–Kier alpha value is -2.91. The Labute approximate surface area is 173 Å². The van der Waals surface area contributed by atoms with Crippen LogP contribution in [0.3, 0.4) is 0 Å². The van der Waals surface area contributed by atoms with Crippen molar-refractivity contribution in [3.8, 4) is 11.5 Å². The third-order valence-electron chi connectivity index (χ3n) is 3.63. The summed E-state index contributed by atoms with van der Waals surface area (Å²) < 4.78 is 7.90. The molecule has 0 aliphatic rings. The third kappa shape index (κ3) is 5.08. The first-order valence-electron chi connectivity index (χ1n) is 8.02. The van der Waals surface area contributed by atoms with Crippen molar-refractivity contribution in [3.63, 3.8) is 0 Å². The highest BCUT2D eigenvalue weighted by atomic mass is 79.9. The zero-order valence-corrected chi connectivity index (χ0v) is 16.9. The Morgan fingerprint density at radius 1 is 1.29 bits per heavy atom. The molecule has 1 heterocycles. The maximum Gasteiger partial charge on any atom is 0.275 e. The second-order valence-corrected chi connectivity index (χ2v) is 7.13. The Kier molecular flexibility index (Phi) is 5.96. The maximum absolute atomic E-state index is 12.3. The standard InChI is InChI=1S/C18H14BrClN4O4/c1-11-17(19)9-23(22-11)10-18(25)21-13-6-14(24(26)27)8-16(7-13)28-15-4-2-12(20)3-5-15/h2-9H,10H2,1H3,(H,21,25). The van der Waals surface area contributed by atoms with Crippen LogP contribution in [0.5, 0.6) is 11.5 Å². The van der Waals surface area contributed by atoms with E-state index in [4.69, 9.17) is 16.3 Å². The SMILES string of the molecule is Cc1nn(CC(=O)Nc2cc(Oc3ccc(Cl)cc3)cc([N+](=O)[O-])c2)cc1Br. The minimum Gasteiger partial charge on any atom is -0.457 e. The Bertz CT molecular complexity index is 1020. The van der Waals surface area contributed by atoms with E-state index < -0.39 is 4.92 Å². The van der Waals surface area contributed by atoms with Crippen molar-refractivity contribution in [1.82, 2.24) is 9.78 Å². The lowest BCUT2D eigenvalue weighted by atomic mass is 10.2. The van der Waals surface area contributed by atoms with E-state index in [1.54, 1.807) is 37.4 Å². The predicted octanol–water partition coefficient (Wildman–Crippen LogP) is 4.95. The van der Waals surface area contributed by atoms with Crippen molar-refractivity contribution < 1.29 is 14.5 Å². The quantitative estimate of drug-likeness (QED) is 0.410. The Morgan fingerprint density at radius 3 is 2.61 bits per heavy atom. The molecule has 0 spiro atoms. The molecule has 1 N–H and O–H groups in total. The number of halogens is 2. The minimum atomic E-state index is -0.557. The largest absolute Gasteiger partial charge is 0.457 e. The van der Waals surface area contributed by atoms with Gasteiger partial charge in [-0.3, -0.25) is 19.6 Å². The first kappa shape index (κ1) is 19.8. The summed E-state index contributed by atoms with van der Waals surface area (Å²) in [6, 6.07) is 10.6. The molecule has 0 fully saturated rings. The summed E-state index contributed by atoms with van der Waals surface area (Å²) in [5, 5.41) is 18.6. The number of anilines is 1. The molecular weight excluding hydrogens is 452 g/mol. The number of nitrogens with zero attached hydrogens (tertiary/aromatic N) is 3. The summed E-state index contributed by atoms with van der Waals surface area (Å²) in [5.41, 5.74) is 0.785. The molecule has 0 saturated heterocycles. The van der Waals surface area contributed by atoms with Crippen LogP contribution in [-0.4, -0.2) is 20.6 Å². The van der Waals surface area contributed by atoms with Gasteiger partial charge in [0.05, 0.1) is 26.8 Å². The van der Waals surface area contributed by atoms with Gasteiger partial charge in [0.25, 0.3) is 5.69 Å². The molecule has 144 valence electrons. The molecule has 10 heteroatoms. The van der Waals surface area contributed by atoms with Crippen molar-refractivity contribution in [2.24, 2.45) is 0 Å². The van der Waals surface area contributed by atoms with E-state index >= 15 is 0 Å². The molecule has 0 saturated carbocycles. The Morgan fingerprint density at radius 2 is 2.00 bits per heavy atom. The second-order valence-electron chi connectivity index (χ2n) is 5.84. The van der Waals surface area contributed by atoms with Crippen LogP contribution in [0.15, 0.2) is 53.1 Å². The van der Waals surface area contributed by atoms with Gasteiger partial charge in [-0.1, -0.05) is 11.6 Å². The number of aryl methyl sites for hydroxylation is 1. The first-order chi connectivity index (χ1) is 13.3. The van der Waals surface area contributed by atoms with E-state index in [1.165, 1.54) is 22.9 Å². The number of nitro benzene ring substituents is 1. The number of rotatable bonds is 6. The van der Waals surface area contributed by atoms with Crippen LogP contribution in [-0.2, 0) is 11.3 Å². The summed E-state index contributed by atoms with van der Waals surface area (Å²) in [7, 11) is 0. The van der Waals surface area contributed by atoms with Gasteiger partial charge in [-0.2, -0.15) is 5.10 Å². The van der Waals surface area contributed by atoms with Crippen LogP contribution < -0.4 is 10.1 Å². The number of non-ortho nitro benzene ring substituents is 1. The molecule has 0 aliphatic heterocycles.